The van der Waals surface area contributed by atoms with Crippen LogP contribution in [0.15, 0.2) is 79.5 Å². The van der Waals surface area contributed by atoms with Gasteiger partial charge in [0.05, 0.1) is 10.0 Å². The first-order valence-electron chi connectivity index (χ1n) is 13.8. The van der Waals surface area contributed by atoms with Gasteiger partial charge in [0, 0.05) is 54.9 Å². The minimum absolute atomic E-state index is 0.176. The number of urea groups is 1. The first kappa shape index (κ1) is 28.3. The van der Waals surface area contributed by atoms with E-state index in [4.69, 9.17) is 23.2 Å². The first-order valence-corrected chi connectivity index (χ1v) is 14.6. The van der Waals surface area contributed by atoms with Gasteiger partial charge in [-0.15, -0.1) is 0 Å². The molecule has 42 heavy (non-hydrogen) atoms. The van der Waals surface area contributed by atoms with E-state index in [1.54, 1.807) is 24.5 Å². The number of likely N-dealkylation sites (tertiary alicyclic amines) is 1. The summed E-state index contributed by atoms with van der Waals surface area (Å²) in [5, 5.41) is 4.06. The molecular weight excluding hydrogens is 574 g/mol. The number of carbonyl (C=O) groups is 1. The standard InChI is InChI=1S/C32H29Cl2FN6O/c33-27-5-3-22(14-28(27)34)2-1-11-40-12-8-32(9-13-40)20-41(31(42)39-17-23-7-10-38-30(35)15-23)29-6-4-24(16-26(29)32)25-18-36-21-37-19-25/h1-7,10,14-16,18-19,21H,8-9,11-13,17,20H2,(H,39,42)/b2-1+. The van der Waals surface area contributed by atoms with Crippen LogP contribution in [0.4, 0.5) is 14.9 Å². The SMILES string of the molecule is O=C(NCc1ccnc(F)c1)N1CC2(CCN(C/C=C/c3ccc(Cl)c(Cl)c3)CC2)c2cc(-c3cncnc3)ccc21. The lowest BCUT2D eigenvalue weighted by Gasteiger charge is -2.39. The predicted octanol–water partition coefficient (Wildman–Crippen LogP) is 6.76. The van der Waals surface area contributed by atoms with Gasteiger partial charge >= 0.3 is 6.03 Å². The summed E-state index contributed by atoms with van der Waals surface area (Å²) in [5.41, 5.74) is 5.52. The van der Waals surface area contributed by atoms with Crippen molar-refractivity contribution in [2.45, 2.75) is 24.8 Å². The molecule has 6 rings (SSSR count). The molecule has 2 aliphatic heterocycles. The summed E-state index contributed by atoms with van der Waals surface area (Å²) in [6.45, 7) is 3.42. The van der Waals surface area contributed by atoms with Gasteiger partial charge in [0.15, 0.2) is 0 Å². The number of nitrogens with one attached hydrogen (secondary N) is 1. The minimum Gasteiger partial charge on any atom is -0.334 e. The largest absolute Gasteiger partial charge is 0.334 e. The molecule has 1 saturated heterocycles. The molecular formula is C32H29Cl2FN6O. The fourth-order valence-corrected chi connectivity index (χ4v) is 6.16. The molecule has 1 spiro atoms. The maximum Gasteiger partial charge on any atom is 0.322 e. The van der Waals surface area contributed by atoms with Crippen LogP contribution in [0.1, 0.15) is 29.5 Å². The van der Waals surface area contributed by atoms with Gasteiger partial charge in [0.2, 0.25) is 5.95 Å². The van der Waals surface area contributed by atoms with Crippen LogP contribution < -0.4 is 10.2 Å². The Balaban J connectivity index is 1.20. The van der Waals surface area contributed by atoms with Gasteiger partial charge in [-0.25, -0.2) is 19.7 Å². The highest BCUT2D eigenvalue weighted by atomic mass is 35.5. The molecule has 1 fully saturated rings. The molecule has 214 valence electrons. The summed E-state index contributed by atoms with van der Waals surface area (Å²) >= 11 is 12.2. The van der Waals surface area contributed by atoms with Crippen molar-refractivity contribution in [3.8, 4) is 11.1 Å². The number of aromatic nitrogens is 3. The number of halogens is 3. The number of anilines is 1. The molecule has 4 heterocycles. The van der Waals surface area contributed by atoms with Gasteiger partial charge in [-0.05, 0) is 84.6 Å². The third-order valence-electron chi connectivity index (χ3n) is 8.12. The van der Waals surface area contributed by atoms with Gasteiger partial charge in [-0.2, -0.15) is 4.39 Å². The second kappa shape index (κ2) is 12.2. The van der Waals surface area contributed by atoms with Crippen molar-refractivity contribution in [1.82, 2.24) is 25.2 Å². The predicted molar refractivity (Wildman–Crippen MR) is 164 cm³/mol. The van der Waals surface area contributed by atoms with E-state index in [1.807, 2.05) is 29.2 Å². The summed E-state index contributed by atoms with van der Waals surface area (Å²) in [7, 11) is 0. The van der Waals surface area contributed by atoms with Crippen molar-refractivity contribution in [2.24, 2.45) is 0 Å². The van der Waals surface area contributed by atoms with E-state index in [9.17, 15) is 9.18 Å². The zero-order valence-corrected chi connectivity index (χ0v) is 24.3. The maximum absolute atomic E-state index is 13.6. The van der Waals surface area contributed by atoms with Gasteiger partial charge < -0.3 is 5.32 Å². The first-order chi connectivity index (χ1) is 20.4. The highest BCUT2D eigenvalue weighted by Gasteiger charge is 2.46. The van der Waals surface area contributed by atoms with E-state index in [-0.39, 0.29) is 18.0 Å². The molecule has 0 bridgehead atoms. The number of piperidine rings is 1. The Hall–Kier alpha value is -3.85. The van der Waals surface area contributed by atoms with Crippen LogP contribution in [0.25, 0.3) is 17.2 Å². The Morgan fingerprint density at radius 2 is 1.81 bits per heavy atom. The molecule has 7 nitrogen and oxygen atoms in total. The Kier molecular flexibility index (Phi) is 8.20. The third kappa shape index (κ3) is 6.02. The lowest BCUT2D eigenvalue weighted by atomic mass is 9.73. The number of benzene rings is 2. The van der Waals surface area contributed by atoms with E-state index < -0.39 is 5.95 Å². The fourth-order valence-electron chi connectivity index (χ4n) is 5.85. The van der Waals surface area contributed by atoms with Crippen molar-refractivity contribution in [3.63, 3.8) is 0 Å². The molecule has 2 aliphatic rings. The number of rotatable bonds is 6. The molecule has 1 N–H and O–H groups in total. The topological polar surface area (TPSA) is 74.2 Å². The highest BCUT2D eigenvalue weighted by molar-refractivity contribution is 6.42. The van der Waals surface area contributed by atoms with Crippen molar-refractivity contribution in [2.75, 3.05) is 31.1 Å². The number of pyridine rings is 1. The van der Waals surface area contributed by atoms with Crippen molar-refractivity contribution < 1.29 is 9.18 Å². The van der Waals surface area contributed by atoms with Crippen LogP contribution in [-0.2, 0) is 12.0 Å². The number of fused-ring (bicyclic) bond motifs is 2. The number of hydrogen-bond donors (Lipinski definition) is 1. The molecule has 10 heteroatoms. The average molecular weight is 604 g/mol. The van der Waals surface area contributed by atoms with E-state index in [2.05, 4.69) is 43.4 Å². The highest BCUT2D eigenvalue weighted by Crippen LogP contribution is 2.48. The number of amides is 2. The summed E-state index contributed by atoms with van der Waals surface area (Å²) in [5.74, 6) is -0.566. The number of carbonyl (C=O) groups excluding carboxylic acids is 1. The van der Waals surface area contributed by atoms with Crippen molar-refractivity contribution >= 4 is 41.0 Å². The van der Waals surface area contributed by atoms with Crippen LogP contribution in [0.2, 0.25) is 10.0 Å². The Morgan fingerprint density at radius 3 is 2.57 bits per heavy atom. The fraction of sp³-hybridized carbons (Fsp3) is 0.250. The van der Waals surface area contributed by atoms with E-state index in [1.165, 1.54) is 24.2 Å². The van der Waals surface area contributed by atoms with E-state index in [0.29, 0.717) is 22.2 Å². The Labute approximate surface area is 254 Å². The van der Waals surface area contributed by atoms with Gasteiger partial charge in [-0.1, -0.05) is 47.5 Å². The quantitative estimate of drug-likeness (QED) is 0.247. The van der Waals surface area contributed by atoms with Crippen LogP contribution in [0.5, 0.6) is 0 Å². The van der Waals surface area contributed by atoms with E-state index in [0.717, 1.165) is 54.9 Å². The molecule has 4 aromatic rings. The maximum atomic E-state index is 13.6. The van der Waals surface area contributed by atoms with Gasteiger partial charge in [0.25, 0.3) is 0 Å². The lowest BCUT2D eigenvalue weighted by Crippen LogP contribution is -2.47. The zero-order valence-electron chi connectivity index (χ0n) is 22.8. The molecule has 2 aromatic carbocycles. The van der Waals surface area contributed by atoms with Gasteiger partial charge in [0.1, 0.15) is 6.33 Å². The summed E-state index contributed by atoms with van der Waals surface area (Å²) in [6.07, 6.45) is 12.6. The molecule has 0 radical (unpaired) electrons. The van der Waals surface area contributed by atoms with Crippen molar-refractivity contribution in [1.29, 1.82) is 0 Å². The average Bonchev–Trinajstić information content (AvgIpc) is 3.32. The smallest absolute Gasteiger partial charge is 0.322 e. The van der Waals surface area contributed by atoms with Crippen LogP contribution in [-0.4, -0.2) is 52.1 Å². The summed E-state index contributed by atoms with van der Waals surface area (Å²) < 4.78 is 13.6. The number of nitrogens with zero attached hydrogens (tertiary/aromatic N) is 5. The second-order valence-corrected chi connectivity index (χ2v) is 11.6. The third-order valence-corrected chi connectivity index (χ3v) is 8.86. The number of hydrogen-bond acceptors (Lipinski definition) is 5. The summed E-state index contributed by atoms with van der Waals surface area (Å²) in [4.78, 5) is 29.7. The summed E-state index contributed by atoms with van der Waals surface area (Å²) in [6, 6.07) is 14.7. The molecule has 2 aromatic heterocycles. The normalized spacial score (nSPS) is 16.2. The zero-order chi connectivity index (χ0) is 29.1. The Bertz CT molecular complexity index is 1620. The molecule has 0 aliphatic carbocycles. The molecule has 0 unspecified atom stereocenters. The lowest BCUT2D eigenvalue weighted by molar-refractivity contribution is 0.180. The van der Waals surface area contributed by atoms with Crippen molar-refractivity contribution in [3.05, 3.63) is 112 Å². The molecule has 2 amide bonds. The molecule has 0 atom stereocenters. The van der Waals surface area contributed by atoms with Crippen LogP contribution in [0, 0.1) is 5.95 Å². The van der Waals surface area contributed by atoms with Crippen LogP contribution >= 0.6 is 23.2 Å². The Morgan fingerprint density at radius 1 is 1.00 bits per heavy atom. The second-order valence-electron chi connectivity index (χ2n) is 10.7. The monoisotopic (exact) mass is 602 g/mol. The minimum atomic E-state index is -0.566. The van der Waals surface area contributed by atoms with Crippen LogP contribution in [0.3, 0.4) is 0 Å². The molecule has 0 saturated carbocycles. The van der Waals surface area contributed by atoms with E-state index >= 15 is 0 Å². The van der Waals surface area contributed by atoms with Gasteiger partial charge in [-0.3, -0.25) is 9.80 Å².